The Hall–Kier alpha value is 0.494. The average molecular weight is 226 g/mol. The molecule has 0 rings (SSSR count). The van der Waals surface area contributed by atoms with Gasteiger partial charge in [-0.2, -0.15) is 0 Å². The number of hydrogen-bond acceptors (Lipinski definition) is 3. The molecule has 0 saturated heterocycles. The molecule has 0 aromatic rings. The summed E-state index contributed by atoms with van der Waals surface area (Å²) in [7, 11) is 0. The topological polar surface area (TPSA) is 63.3 Å². The number of carbonyl (C=O) groups excluding carboxylic acids is 1. The first-order chi connectivity index (χ1) is 5.09. The third-order valence-electron chi connectivity index (χ3n) is 0.854. The van der Waals surface area contributed by atoms with E-state index < -0.39 is 0 Å². The van der Waals surface area contributed by atoms with E-state index in [0.717, 1.165) is 5.75 Å². The van der Waals surface area contributed by atoms with Crippen molar-refractivity contribution in [3.8, 4) is 0 Å². The number of carbonyl (C=O) groups is 1. The number of thioether (sulfide) groups is 1. The SMILES string of the molecule is CCO.[CH2-]SCC(C)C(N)=O.[Ti]. The summed E-state index contributed by atoms with van der Waals surface area (Å²) in [6.45, 7) is 3.72. The second-order valence-electron chi connectivity index (χ2n) is 1.99. The zero-order chi connectivity index (χ0) is 9.28. The first-order valence-electron chi connectivity index (χ1n) is 3.37. The summed E-state index contributed by atoms with van der Waals surface area (Å²) in [4.78, 5) is 10.3. The Balaban J connectivity index is -0.000000177. The number of aliphatic hydroxyl groups excluding tert-OH is 1. The molecule has 0 spiro atoms. The predicted octanol–water partition coefficient (Wildman–Crippen LogP) is 0.629. The molecule has 0 heterocycles. The molecule has 3 nitrogen and oxygen atoms in total. The van der Waals surface area contributed by atoms with Crippen LogP contribution in [-0.4, -0.2) is 23.4 Å². The third kappa shape index (κ3) is 16.8. The number of nitrogens with two attached hydrogens (primary N) is 1. The Morgan fingerprint density at radius 1 is 1.75 bits per heavy atom. The van der Waals surface area contributed by atoms with Crippen LogP contribution >= 0.6 is 11.8 Å². The van der Waals surface area contributed by atoms with E-state index in [2.05, 4.69) is 6.26 Å². The maximum Gasteiger partial charge on any atom is 0.220 e. The maximum absolute atomic E-state index is 10.3. The third-order valence-corrected chi connectivity index (χ3v) is 1.59. The smallest absolute Gasteiger partial charge is 0.220 e. The molecule has 0 radical (unpaired) electrons. The quantitative estimate of drug-likeness (QED) is 0.548. The van der Waals surface area contributed by atoms with Gasteiger partial charge in [-0.25, -0.2) is 0 Å². The molecule has 3 N–H and O–H groups in total. The van der Waals surface area contributed by atoms with Crippen molar-refractivity contribution < 1.29 is 31.6 Å². The van der Waals surface area contributed by atoms with Crippen LogP contribution in [0.25, 0.3) is 0 Å². The Bertz CT molecular complexity index is 103. The normalized spacial score (nSPS) is 10.3. The van der Waals surface area contributed by atoms with Gasteiger partial charge in [0.25, 0.3) is 0 Å². The van der Waals surface area contributed by atoms with Gasteiger partial charge in [0.15, 0.2) is 0 Å². The zero-order valence-electron chi connectivity index (χ0n) is 7.54. The minimum atomic E-state index is -0.249. The number of aliphatic hydroxyl groups is 1. The molecule has 0 aromatic heterocycles. The van der Waals surface area contributed by atoms with Crippen molar-refractivity contribution in [2.75, 3.05) is 12.4 Å². The summed E-state index contributed by atoms with van der Waals surface area (Å²) in [5.74, 6) is 0.425. The van der Waals surface area contributed by atoms with Crippen molar-refractivity contribution in [2.45, 2.75) is 13.8 Å². The van der Waals surface area contributed by atoms with Gasteiger partial charge in [0.2, 0.25) is 5.91 Å². The minimum Gasteiger partial charge on any atom is -0.397 e. The molecule has 0 fully saturated rings. The monoisotopic (exact) mass is 226 g/mol. The summed E-state index contributed by atoms with van der Waals surface area (Å²) in [6, 6.07) is 0. The van der Waals surface area contributed by atoms with E-state index in [9.17, 15) is 4.79 Å². The zero-order valence-corrected chi connectivity index (χ0v) is 9.92. The summed E-state index contributed by atoms with van der Waals surface area (Å²) in [5, 5.41) is 7.57. The Morgan fingerprint density at radius 2 is 2.08 bits per heavy atom. The average Bonchev–Trinajstić information content (AvgIpc) is 1.90. The van der Waals surface area contributed by atoms with Crippen LogP contribution in [0.1, 0.15) is 13.8 Å². The van der Waals surface area contributed by atoms with Gasteiger partial charge in [0, 0.05) is 34.2 Å². The molecular formula is C7H16NO2STi-. The van der Waals surface area contributed by atoms with E-state index in [4.69, 9.17) is 10.8 Å². The Labute approximate surface area is 93.4 Å². The van der Waals surface area contributed by atoms with Crippen molar-refractivity contribution in [1.82, 2.24) is 0 Å². The van der Waals surface area contributed by atoms with Gasteiger partial charge >= 0.3 is 0 Å². The maximum atomic E-state index is 10.3. The van der Waals surface area contributed by atoms with Gasteiger partial charge in [-0.1, -0.05) is 6.92 Å². The fraction of sp³-hybridized carbons (Fsp3) is 0.714. The van der Waals surface area contributed by atoms with Crippen molar-refractivity contribution in [2.24, 2.45) is 11.7 Å². The Morgan fingerprint density at radius 3 is 2.17 bits per heavy atom. The number of primary amides is 1. The van der Waals surface area contributed by atoms with E-state index in [1.54, 1.807) is 13.8 Å². The molecule has 1 atom stereocenters. The van der Waals surface area contributed by atoms with Crippen LogP contribution in [-0.2, 0) is 26.5 Å². The van der Waals surface area contributed by atoms with E-state index in [1.165, 1.54) is 11.8 Å². The molecule has 5 heteroatoms. The van der Waals surface area contributed by atoms with Gasteiger partial charge in [-0.15, -0.1) is 0 Å². The molecule has 72 valence electrons. The van der Waals surface area contributed by atoms with Crippen LogP contribution in [0.15, 0.2) is 0 Å². The van der Waals surface area contributed by atoms with Crippen molar-refractivity contribution >= 4 is 17.7 Å². The Kier molecular flexibility index (Phi) is 21.4. The van der Waals surface area contributed by atoms with Crippen molar-refractivity contribution in [3.05, 3.63) is 6.26 Å². The standard InChI is InChI=1S/C5H10NOS.C2H6O.Ti/c1-4(3-8-2)5(6)7;1-2-3;/h4H,2-3H2,1H3,(H2,6,7);3H,2H2,1H3;/q-1;;. The van der Waals surface area contributed by atoms with E-state index in [0.29, 0.717) is 0 Å². The van der Waals surface area contributed by atoms with Crippen molar-refractivity contribution in [1.29, 1.82) is 0 Å². The van der Waals surface area contributed by atoms with E-state index in [-0.39, 0.29) is 40.1 Å². The molecule has 0 aromatic carbocycles. The van der Waals surface area contributed by atoms with Gasteiger partial charge in [0.05, 0.1) is 0 Å². The summed E-state index contributed by atoms with van der Waals surface area (Å²) < 4.78 is 0. The van der Waals surface area contributed by atoms with E-state index >= 15 is 0 Å². The second kappa shape index (κ2) is 14.0. The first-order valence-corrected chi connectivity index (χ1v) is 4.52. The van der Waals surface area contributed by atoms with Crippen LogP contribution in [0.2, 0.25) is 0 Å². The molecule has 0 aliphatic rings. The second-order valence-corrected chi connectivity index (χ2v) is 2.73. The molecule has 1 unspecified atom stereocenters. The molecule has 1 amide bonds. The van der Waals surface area contributed by atoms with Crippen LogP contribution < -0.4 is 5.73 Å². The van der Waals surface area contributed by atoms with Gasteiger partial charge in [-0.3, -0.25) is 11.1 Å². The summed E-state index contributed by atoms with van der Waals surface area (Å²) >= 11 is 1.39. The minimum absolute atomic E-state index is 0. The summed E-state index contributed by atoms with van der Waals surface area (Å²) in [6.07, 6.45) is 3.52. The first kappa shape index (κ1) is 18.3. The van der Waals surface area contributed by atoms with Crippen LogP contribution in [0.5, 0.6) is 0 Å². The van der Waals surface area contributed by atoms with Gasteiger partial charge < -0.3 is 22.6 Å². The van der Waals surface area contributed by atoms with Gasteiger partial charge in [-0.05, 0) is 12.7 Å². The molecule has 12 heavy (non-hydrogen) atoms. The molecule has 0 aliphatic carbocycles. The predicted molar refractivity (Wildman–Crippen MR) is 48.9 cm³/mol. The summed E-state index contributed by atoms with van der Waals surface area (Å²) in [5.41, 5.74) is 4.94. The molecule has 0 bridgehead atoms. The van der Waals surface area contributed by atoms with Crippen LogP contribution in [0.3, 0.4) is 0 Å². The molecular weight excluding hydrogens is 210 g/mol. The molecule has 0 saturated carbocycles. The largest absolute Gasteiger partial charge is 0.397 e. The number of rotatable bonds is 3. The van der Waals surface area contributed by atoms with Crippen molar-refractivity contribution in [3.63, 3.8) is 0 Å². The van der Waals surface area contributed by atoms with Gasteiger partial charge in [0.1, 0.15) is 0 Å². The number of hydrogen-bond donors (Lipinski definition) is 2. The molecule has 0 aliphatic heterocycles. The van der Waals surface area contributed by atoms with E-state index in [1.807, 2.05) is 0 Å². The fourth-order valence-electron chi connectivity index (χ4n) is 0.259. The van der Waals surface area contributed by atoms with Crippen LogP contribution in [0, 0.1) is 12.2 Å². The fourth-order valence-corrected chi connectivity index (χ4v) is 0.777. The number of amides is 1. The van der Waals surface area contributed by atoms with Crippen LogP contribution in [0.4, 0.5) is 0 Å².